The summed E-state index contributed by atoms with van der Waals surface area (Å²) in [5.41, 5.74) is 1.61. The molecule has 0 aliphatic heterocycles. The van der Waals surface area contributed by atoms with Gasteiger partial charge in [-0.3, -0.25) is 14.9 Å². The quantitative estimate of drug-likeness (QED) is 0.492. The van der Waals surface area contributed by atoms with E-state index in [4.69, 9.17) is 14.9 Å². The molecule has 2 rings (SSSR count). The Morgan fingerprint density at radius 2 is 1.59 bits per heavy atom. The van der Waals surface area contributed by atoms with Crippen molar-refractivity contribution in [1.82, 2.24) is 4.90 Å². The second-order valence-electron chi connectivity index (χ2n) is 6.30. The summed E-state index contributed by atoms with van der Waals surface area (Å²) in [5.74, 6) is 2.30. The summed E-state index contributed by atoms with van der Waals surface area (Å²) < 4.78 is 12.6. The predicted molar refractivity (Wildman–Crippen MR) is 111 cm³/mol. The minimum absolute atomic E-state index is 0.214. The van der Waals surface area contributed by atoms with Crippen LogP contribution in [0.5, 0.6) is 11.5 Å². The van der Waals surface area contributed by atoms with Crippen LogP contribution in [-0.4, -0.2) is 63.8 Å². The number of rotatable bonds is 4. The second-order valence-corrected chi connectivity index (χ2v) is 6.30. The fourth-order valence-corrected chi connectivity index (χ4v) is 2.83. The van der Waals surface area contributed by atoms with E-state index < -0.39 is 0 Å². The molecule has 0 saturated carbocycles. The zero-order valence-corrected chi connectivity index (χ0v) is 16.8. The number of hydrogen-bond donors (Lipinski definition) is 2. The van der Waals surface area contributed by atoms with Gasteiger partial charge in [0.2, 0.25) is 0 Å². The molecule has 0 spiro atoms. The molecule has 27 heavy (non-hydrogen) atoms. The van der Waals surface area contributed by atoms with E-state index in [2.05, 4.69) is 5.32 Å². The van der Waals surface area contributed by atoms with E-state index in [9.17, 15) is 0 Å². The number of ether oxygens (including phenoxy) is 2. The lowest BCUT2D eigenvalue weighted by molar-refractivity contribution is -0.470. The standard InChI is InChI=1S/C20H28N5O2/c1-23(2)20(24(3)4)25(16-10-8-7-9-11-16)19(21)22-15-12-13-17(26-5)18(14-15)27-6/h7-14H,1-6H3,(H2,21,22)/q+1. The van der Waals surface area contributed by atoms with E-state index in [0.717, 1.165) is 17.3 Å². The van der Waals surface area contributed by atoms with Crippen LogP contribution in [0.25, 0.3) is 0 Å². The first-order chi connectivity index (χ1) is 12.9. The number of methoxy groups -OCH3 is 2. The van der Waals surface area contributed by atoms with E-state index in [1.165, 1.54) is 0 Å². The van der Waals surface area contributed by atoms with Crippen molar-refractivity contribution in [3.05, 3.63) is 48.5 Å². The number of guanidine groups is 2. The third kappa shape index (κ3) is 4.69. The van der Waals surface area contributed by atoms with Crippen LogP contribution in [0.1, 0.15) is 0 Å². The lowest BCUT2D eigenvalue weighted by Crippen LogP contribution is -2.50. The molecular formula is C20H28N5O2+. The first-order valence-corrected chi connectivity index (χ1v) is 8.53. The van der Waals surface area contributed by atoms with Crippen molar-refractivity contribution >= 4 is 23.3 Å². The van der Waals surface area contributed by atoms with Gasteiger partial charge in [0.15, 0.2) is 11.5 Å². The Morgan fingerprint density at radius 3 is 2.11 bits per heavy atom. The van der Waals surface area contributed by atoms with Gasteiger partial charge in [-0.15, -0.1) is 0 Å². The van der Waals surface area contributed by atoms with Crippen molar-refractivity contribution in [2.45, 2.75) is 0 Å². The van der Waals surface area contributed by atoms with Crippen LogP contribution in [0.4, 0.5) is 11.4 Å². The number of benzene rings is 2. The van der Waals surface area contributed by atoms with Gasteiger partial charge in [-0.05, 0) is 24.3 Å². The summed E-state index contributed by atoms with van der Waals surface area (Å²) in [6.07, 6.45) is 0. The predicted octanol–water partition coefficient (Wildman–Crippen LogP) is 2.75. The van der Waals surface area contributed by atoms with Crippen LogP contribution >= 0.6 is 0 Å². The normalized spacial score (nSPS) is 10.0. The van der Waals surface area contributed by atoms with Crippen LogP contribution in [0.2, 0.25) is 0 Å². The van der Waals surface area contributed by atoms with Crippen LogP contribution < -0.4 is 19.7 Å². The summed E-state index contributed by atoms with van der Waals surface area (Å²) >= 11 is 0. The average Bonchev–Trinajstić information content (AvgIpc) is 2.65. The molecule has 0 unspecified atom stereocenters. The minimum atomic E-state index is 0.214. The summed E-state index contributed by atoms with van der Waals surface area (Å²) in [5, 5.41) is 11.9. The van der Waals surface area contributed by atoms with Gasteiger partial charge < -0.3 is 14.8 Å². The van der Waals surface area contributed by atoms with Gasteiger partial charge in [0, 0.05) is 11.8 Å². The zero-order valence-electron chi connectivity index (χ0n) is 16.8. The van der Waals surface area contributed by atoms with Gasteiger partial charge in [-0.2, -0.15) is 4.90 Å². The summed E-state index contributed by atoms with van der Waals surface area (Å²) in [6, 6.07) is 15.3. The third-order valence-electron chi connectivity index (χ3n) is 3.88. The maximum Gasteiger partial charge on any atom is 0.362 e. The van der Waals surface area contributed by atoms with Crippen LogP contribution in [0, 0.1) is 5.41 Å². The first-order valence-electron chi connectivity index (χ1n) is 8.53. The van der Waals surface area contributed by atoms with Crippen molar-refractivity contribution in [2.24, 2.45) is 0 Å². The lowest BCUT2D eigenvalue weighted by Gasteiger charge is -2.25. The van der Waals surface area contributed by atoms with Crippen molar-refractivity contribution < 1.29 is 14.0 Å². The van der Waals surface area contributed by atoms with Crippen molar-refractivity contribution in [3.8, 4) is 11.5 Å². The molecule has 144 valence electrons. The third-order valence-corrected chi connectivity index (χ3v) is 3.88. The fraction of sp³-hybridized carbons (Fsp3) is 0.300. The lowest BCUT2D eigenvalue weighted by atomic mass is 10.2. The molecule has 0 aliphatic rings. The van der Waals surface area contributed by atoms with E-state index in [1.807, 2.05) is 91.1 Å². The molecular weight excluding hydrogens is 342 g/mol. The molecule has 2 aromatic rings. The molecule has 0 aliphatic carbocycles. The molecule has 0 bridgehead atoms. The van der Waals surface area contributed by atoms with Crippen molar-refractivity contribution in [3.63, 3.8) is 0 Å². The number of nitrogens with zero attached hydrogens (tertiary/aromatic N) is 3. The number of hydrogen-bond acceptors (Lipinski definition) is 3. The summed E-state index contributed by atoms with van der Waals surface area (Å²) in [6.45, 7) is 0. The van der Waals surface area contributed by atoms with Gasteiger partial charge in [0.25, 0.3) is 5.96 Å². The molecule has 7 heteroatoms. The summed E-state index contributed by atoms with van der Waals surface area (Å²) in [7, 11) is 11.0. The zero-order chi connectivity index (χ0) is 20.0. The van der Waals surface area contributed by atoms with Gasteiger partial charge in [0.1, 0.15) is 5.69 Å². The van der Waals surface area contributed by atoms with E-state index in [0.29, 0.717) is 11.5 Å². The molecule has 2 N–H and O–H groups in total. The molecule has 2 aromatic carbocycles. The van der Waals surface area contributed by atoms with E-state index in [-0.39, 0.29) is 5.96 Å². The number of nitrogens with one attached hydrogen (secondary N) is 2. The van der Waals surface area contributed by atoms with E-state index in [1.54, 1.807) is 14.2 Å². The average molecular weight is 370 g/mol. The highest BCUT2D eigenvalue weighted by Crippen LogP contribution is 2.30. The van der Waals surface area contributed by atoms with Crippen LogP contribution in [-0.2, 0) is 0 Å². The highest BCUT2D eigenvalue weighted by Gasteiger charge is 2.29. The number of para-hydroxylation sites is 1. The van der Waals surface area contributed by atoms with Crippen LogP contribution in [0.15, 0.2) is 48.5 Å². The fourth-order valence-electron chi connectivity index (χ4n) is 2.83. The topological polar surface area (TPSA) is 63.8 Å². The maximum atomic E-state index is 8.73. The highest BCUT2D eigenvalue weighted by atomic mass is 16.5. The Bertz CT molecular complexity index is 814. The van der Waals surface area contributed by atoms with Crippen molar-refractivity contribution in [2.75, 3.05) is 52.6 Å². The molecule has 0 radical (unpaired) electrons. The smallest absolute Gasteiger partial charge is 0.362 e. The molecule has 0 amide bonds. The van der Waals surface area contributed by atoms with Crippen molar-refractivity contribution in [1.29, 1.82) is 5.41 Å². The van der Waals surface area contributed by atoms with Gasteiger partial charge >= 0.3 is 5.96 Å². The first kappa shape index (κ1) is 20.1. The Labute approximate surface area is 160 Å². The second kappa shape index (κ2) is 8.93. The number of anilines is 2. The van der Waals surface area contributed by atoms with Gasteiger partial charge in [-0.1, -0.05) is 18.2 Å². The van der Waals surface area contributed by atoms with Gasteiger partial charge in [-0.25, -0.2) is 0 Å². The minimum Gasteiger partial charge on any atom is -0.493 e. The van der Waals surface area contributed by atoms with E-state index >= 15 is 0 Å². The molecule has 0 heterocycles. The Morgan fingerprint density at radius 1 is 0.963 bits per heavy atom. The van der Waals surface area contributed by atoms with Gasteiger partial charge in [0.05, 0.1) is 42.4 Å². The monoisotopic (exact) mass is 370 g/mol. The van der Waals surface area contributed by atoms with Crippen LogP contribution in [0.3, 0.4) is 0 Å². The Kier molecular flexibility index (Phi) is 6.65. The maximum absolute atomic E-state index is 8.73. The Balaban J connectivity index is 2.42. The largest absolute Gasteiger partial charge is 0.493 e. The molecule has 0 aromatic heterocycles. The molecule has 0 saturated heterocycles. The highest BCUT2D eigenvalue weighted by molar-refractivity contribution is 6.19. The molecule has 0 fully saturated rings. The summed E-state index contributed by atoms with van der Waals surface area (Å²) in [4.78, 5) is 3.81. The Hall–Kier alpha value is -3.22. The molecule has 7 nitrogen and oxygen atoms in total. The SMILES string of the molecule is COc1ccc(NC(=N)N(C(N(C)C)=[N+](C)C)c2ccccc2)cc1OC. The molecule has 0 atom stereocenters.